The molecule has 0 radical (unpaired) electrons. The molecule has 0 aliphatic heterocycles. The summed E-state index contributed by atoms with van der Waals surface area (Å²) in [6.07, 6.45) is 20.1. The first-order valence-corrected chi connectivity index (χ1v) is 6.84. The topological polar surface area (TPSA) is 73.6 Å². The highest BCUT2D eigenvalue weighted by Gasteiger charge is 1.95. The zero-order valence-corrected chi connectivity index (χ0v) is 14.1. The van der Waals surface area contributed by atoms with Crippen molar-refractivity contribution in [2.75, 3.05) is 13.7 Å². The molecule has 0 atom stereocenters. The Balaban J connectivity index is -0.000000826. The van der Waals surface area contributed by atoms with E-state index < -0.39 is 0 Å². The standard InChI is InChI=1S/C14H21N3O.C2H6.C2H2/c1-12(6-4-5-9-18-3)14(10-13(2)16)11-17-8-7-15;2*1-2/h4-8,10-11H,2,9,15-16H2,1,3H3;1-2H3;1-2H/b5-4-,8-7+,12-6+,14-10-,17-11+;;. The van der Waals surface area contributed by atoms with Crippen molar-refractivity contribution in [3.63, 3.8) is 0 Å². The Labute approximate surface area is 135 Å². The summed E-state index contributed by atoms with van der Waals surface area (Å²) < 4.78 is 4.91. The molecule has 22 heavy (non-hydrogen) atoms. The van der Waals surface area contributed by atoms with Gasteiger partial charge in [0.15, 0.2) is 0 Å². The SMILES string of the molecule is C#C.C=C(N)/C=C(/C=N/C=C/N)C(\C)=C\C=C/COC.CC. The van der Waals surface area contributed by atoms with Gasteiger partial charge in [-0.15, -0.1) is 12.8 Å². The summed E-state index contributed by atoms with van der Waals surface area (Å²) in [4.78, 5) is 4.02. The number of ether oxygens (including phenoxy) is 1. The van der Waals surface area contributed by atoms with Gasteiger partial charge in [0.05, 0.1) is 6.61 Å². The van der Waals surface area contributed by atoms with Gasteiger partial charge in [-0.05, 0) is 24.1 Å². The Hall–Kier alpha value is -2.51. The van der Waals surface area contributed by atoms with E-state index in [9.17, 15) is 0 Å². The molecule has 0 aromatic rings. The lowest BCUT2D eigenvalue weighted by Crippen LogP contribution is -1.95. The van der Waals surface area contributed by atoms with Crippen molar-refractivity contribution >= 4 is 6.21 Å². The number of hydrogen-bond donors (Lipinski definition) is 2. The van der Waals surface area contributed by atoms with Gasteiger partial charge in [-0.25, -0.2) is 0 Å². The molecule has 4 nitrogen and oxygen atoms in total. The minimum Gasteiger partial charge on any atom is -0.403 e. The summed E-state index contributed by atoms with van der Waals surface area (Å²) in [7, 11) is 1.65. The molecule has 0 aromatic heterocycles. The van der Waals surface area contributed by atoms with E-state index >= 15 is 0 Å². The Morgan fingerprint density at radius 2 is 1.91 bits per heavy atom. The largest absolute Gasteiger partial charge is 0.403 e. The second kappa shape index (κ2) is 20.8. The van der Waals surface area contributed by atoms with Crippen LogP contribution in [-0.2, 0) is 4.74 Å². The van der Waals surface area contributed by atoms with Crippen LogP contribution in [0.3, 0.4) is 0 Å². The zero-order chi connectivity index (χ0) is 17.8. The molecule has 0 amide bonds. The predicted octanol–water partition coefficient (Wildman–Crippen LogP) is 3.31. The van der Waals surface area contributed by atoms with Crippen LogP contribution in [0.2, 0.25) is 0 Å². The number of allylic oxidation sites excluding steroid dienone is 5. The molecular formula is C18H29N3O. The Kier molecular flexibility index (Phi) is 23.2. The van der Waals surface area contributed by atoms with Crippen LogP contribution in [0.5, 0.6) is 0 Å². The van der Waals surface area contributed by atoms with Crippen LogP contribution in [0.1, 0.15) is 20.8 Å². The molecule has 4 N–H and O–H groups in total. The van der Waals surface area contributed by atoms with E-state index in [2.05, 4.69) is 24.4 Å². The van der Waals surface area contributed by atoms with Gasteiger partial charge in [-0.3, -0.25) is 4.99 Å². The number of nitrogens with two attached hydrogens (primary N) is 2. The highest BCUT2D eigenvalue weighted by atomic mass is 16.5. The van der Waals surface area contributed by atoms with Crippen LogP contribution in [0.25, 0.3) is 0 Å². The van der Waals surface area contributed by atoms with Gasteiger partial charge in [0, 0.05) is 31.4 Å². The molecule has 0 aliphatic rings. The van der Waals surface area contributed by atoms with Crippen molar-refractivity contribution in [2.45, 2.75) is 20.8 Å². The van der Waals surface area contributed by atoms with Crippen molar-refractivity contribution in [1.29, 1.82) is 0 Å². The first-order valence-electron chi connectivity index (χ1n) is 6.84. The molecule has 0 unspecified atom stereocenters. The maximum absolute atomic E-state index is 5.57. The zero-order valence-electron chi connectivity index (χ0n) is 14.1. The lowest BCUT2D eigenvalue weighted by molar-refractivity contribution is 0.234. The molecule has 0 rings (SSSR count). The molecule has 0 saturated carbocycles. The normalized spacial score (nSPS) is 11.9. The van der Waals surface area contributed by atoms with Crippen molar-refractivity contribution in [1.82, 2.24) is 0 Å². The third kappa shape index (κ3) is 17.5. The highest BCUT2D eigenvalue weighted by molar-refractivity contribution is 5.85. The maximum Gasteiger partial charge on any atom is 0.0646 e. The Morgan fingerprint density at radius 3 is 2.36 bits per heavy atom. The summed E-state index contributed by atoms with van der Waals surface area (Å²) in [5.41, 5.74) is 13.1. The van der Waals surface area contributed by atoms with E-state index in [0.29, 0.717) is 12.3 Å². The third-order valence-electron chi connectivity index (χ3n) is 1.93. The molecule has 0 fully saturated rings. The second-order valence-corrected chi connectivity index (χ2v) is 3.53. The van der Waals surface area contributed by atoms with E-state index in [4.69, 9.17) is 16.2 Å². The molecule has 4 heteroatoms. The van der Waals surface area contributed by atoms with E-state index in [1.807, 2.05) is 39.0 Å². The van der Waals surface area contributed by atoms with Crippen LogP contribution in [0.15, 0.2) is 65.1 Å². The van der Waals surface area contributed by atoms with Gasteiger partial charge in [-0.1, -0.05) is 38.7 Å². The average molecular weight is 303 g/mol. The Morgan fingerprint density at radius 1 is 1.32 bits per heavy atom. The fraction of sp³-hybridized carbons (Fsp3) is 0.278. The fourth-order valence-corrected chi connectivity index (χ4v) is 1.09. The maximum atomic E-state index is 5.57. The predicted molar refractivity (Wildman–Crippen MR) is 99.2 cm³/mol. The van der Waals surface area contributed by atoms with Crippen LogP contribution >= 0.6 is 0 Å². The van der Waals surface area contributed by atoms with Crippen LogP contribution in [0, 0.1) is 12.8 Å². The molecule has 0 spiro atoms. The molecule has 0 bridgehead atoms. The summed E-state index contributed by atoms with van der Waals surface area (Å²) in [6.45, 7) is 10.2. The molecular weight excluding hydrogens is 274 g/mol. The monoisotopic (exact) mass is 303 g/mol. The number of terminal acetylenes is 1. The number of aliphatic imine (C=N–C) groups is 1. The summed E-state index contributed by atoms with van der Waals surface area (Å²) in [5.74, 6) is 0. The number of nitrogens with zero attached hydrogens (tertiary/aromatic N) is 1. The van der Waals surface area contributed by atoms with Gasteiger partial charge in [-0.2, -0.15) is 0 Å². The third-order valence-corrected chi connectivity index (χ3v) is 1.93. The lowest BCUT2D eigenvalue weighted by Gasteiger charge is -2.01. The Bertz CT molecular complexity index is 438. The number of rotatable bonds is 7. The van der Waals surface area contributed by atoms with Crippen LogP contribution in [0.4, 0.5) is 0 Å². The minimum absolute atomic E-state index is 0.474. The number of hydrogen-bond acceptors (Lipinski definition) is 4. The quantitative estimate of drug-likeness (QED) is 0.430. The average Bonchev–Trinajstić information content (AvgIpc) is 2.54. The van der Waals surface area contributed by atoms with Crippen LogP contribution < -0.4 is 11.5 Å². The highest BCUT2D eigenvalue weighted by Crippen LogP contribution is 2.08. The molecule has 0 aromatic carbocycles. The van der Waals surface area contributed by atoms with Gasteiger partial charge in [0.1, 0.15) is 0 Å². The van der Waals surface area contributed by atoms with E-state index in [0.717, 1.165) is 11.1 Å². The molecule has 0 heterocycles. The summed E-state index contributed by atoms with van der Waals surface area (Å²) in [6, 6.07) is 0. The van der Waals surface area contributed by atoms with E-state index in [1.54, 1.807) is 19.4 Å². The fourth-order valence-electron chi connectivity index (χ4n) is 1.09. The van der Waals surface area contributed by atoms with Gasteiger partial charge in [0.2, 0.25) is 0 Å². The van der Waals surface area contributed by atoms with Gasteiger partial charge < -0.3 is 16.2 Å². The van der Waals surface area contributed by atoms with Crippen molar-refractivity contribution in [3.05, 3.63) is 60.1 Å². The molecule has 0 saturated heterocycles. The van der Waals surface area contributed by atoms with Gasteiger partial charge >= 0.3 is 0 Å². The lowest BCUT2D eigenvalue weighted by atomic mass is 10.1. The van der Waals surface area contributed by atoms with Crippen molar-refractivity contribution in [3.8, 4) is 12.8 Å². The minimum atomic E-state index is 0.474. The summed E-state index contributed by atoms with van der Waals surface area (Å²) in [5, 5.41) is 0. The van der Waals surface area contributed by atoms with Gasteiger partial charge in [0.25, 0.3) is 0 Å². The van der Waals surface area contributed by atoms with Crippen molar-refractivity contribution in [2.24, 2.45) is 16.5 Å². The molecule has 0 aliphatic carbocycles. The first kappa shape index (κ1) is 24.5. The smallest absolute Gasteiger partial charge is 0.0646 e. The number of methoxy groups -OCH3 is 1. The molecule has 122 valence electrons. The van der Waals surface area contributed by atoms with E-state index in [-0.39, 0.29) is 0 Å². The summed E-state index contributed by atoms with van der Waals surface area (Å²) >= 11 is 0. The van der Waals surface area contributed by atoms with Crippen molar-refractivity contribution < 1.29 is 4.74 Å². The first-order chi connectivity index (χ1) is 10.6. The van der Waals surface area contributed by atoms with Crippen LogP contribution in [-0.4, -0.2) is 19.9 Å². The second-order valence-electron chi connectivity index (χ2n) is 3.53. The van der Waals surface area contributed by atoms with E-state index in [1.165, 1.54) is 12.4 Å².